The van der Waals surface area contributed by atoms with E-state index in [4.69, 9.17) is 14.2 Å². The van der Waals surface area contributed by atoms with Gasteiger partial charge in [-0.3, -0.25) is 4.99 Å². The lowest BCUT2D eigenvalue weighted by Crippen LogP contribution is -2.43. The molecule has 0 amide bonds. The van der Waals surface area contributed by atoms with Gasteiger partial charge in [-0.1, -0.05) is 18.9 Å². The normalized spacial score (nSPS) is 15.8. The Morgan fingerprint density at radius 3 is 2.59 bits per heavy atom. The van der Waals surface area contributed by atoms with Gasteiger partial charge in [0.05, 0.1) is 14.2 Å². The second-order valence-corrected chi connectivity index (χ2v) is 7.46. The topological polar surface area (TPSA) is 81.2 Å². The molecule has 2 rings (SSSR count). The lowest BCUT2D eigenvalue weighted by atomic mass is 9.83. The summed E-state index contributed by atoms with van der Waals surface area (Å²) in [6.07, 6.45) is 6.09. The van der Waals surface area contributed by atoms with Gasteiger partial charge >= 0.3 is 5.97 Å². The first-order valence-corrected chi connectivity index (χ1v) is 10.3. The van der Waals surface area contributed by atoms with E-state index in [9.17, 15) is 4.79 Å². The Morgan fingerprint density at radius 2 is 1.97 bits per heavy atom. The number of ether oxygens (including phenoxy) is 3. The number of carbonyl (C=O) groups is 1. The quantitative estimate of drug-likeness (QED) is 0.269. The third kappa shape index (κ3) is 6.63. The Labute approximate surface area is 174 Å². The number of methoxy groups -OCH3 is 2. The van der Waals surface area contributed by atoms with Gasteiger partial charge in [0.1, 0.15) is 11.3 Å². The van der Waals surface area contributed by atoms with Crippen LogP contribution >= 0.6 is 0 Å². The number of rotatable bonds is 10. The molecular weight excluding hydrogens is 370 g/mol. The van der Waals surface area contributed by atoms with Gasteiger partial charge < -0.3 is 24.8 Å². The highest BCUT2D eigenvalue weighted by molar-refractivity contribution is 5.92. The molecule has 0 spiro atoms. The predicted octanol–water partition coefficient (Wildman–Crippen LogP) is 3.13. The molecule has 1 fully saturated rings. The van der Waals surface area contributed by atoms with Gasteiger partial charge in [0.2, 0.25) is 0 Å². The first-order chi connectivity index (χ1) is 14.1. The third-order valence-corrected chi connectivity index (χ3v) is 5.63. The SMILES string of the molecule is CCOCCC1(CNC(=NC)NCc2ccc(OC)c(C(=O)OC)c2)CCCC1. The standard InChI is InChI=1S/C22H35N3O4/c1-5-29-13-12-22(10-6-7-11-22)16-25-21(23-2)24-15-17-8-9-19(27-3)18(14-17)20(26)28-4/h8-9,14H,5-7,10-13,15-16H2,1-4H3,(H2,23,24,25). The van der Waals surface area contributed by atoms with Gasteiger partial charge in [0.15, 0.2) is 5.96 Å². The maximum Gasteiger partial charge on any atom is 0.341 e. The summed E-state index contributed by atoms with van der Waals surface area (Å²) in [4.78, 5) is 16.3. The molecule has 0 saturated heterocycles. The molecule has 1 aliphatic carbocycles. The van der Waals surface area contributed by atoms with Gasteiger partial charge in [0.25, 0.3) is 0 Å². The van der Waals surface area contributed by atoms with Crippen molar-refractivity contribution in [1.29, 1.82) is 0 Å². The van der Waals surface area contributed by atoms with Crippen molar-refractivity contribution < 1.29 is 19.0 Å². The molecule has 1 aliphatic rings. The van der Waals surface area contributed by atoms with Crippen LogP contribution in [-0.2, 0) is 16.0 Å². The summed E-state index contributed by atoms with van der Waals surface area (Å²) < 4.78 is 15.7. The Hall–Kier alpha value is -2.28. The second-order valence-electron chi connectivity index (χ2n) is 7.46. The highest BCUT2D eigenvalue weighted by Crippen LogP contribution is 2.40. The zero-order valence-corrected chi connectivity index (χ0v) is 18.2. The number of nitrogens with one attached hydrogen (secondary N) is 2. The van der Waals surface area contributed by atoms with Crippen molar-refractivity contribution >= 4 is 11.9 Å². The van der Waals surface area contributed by atoms with E-state index in [2.05, 4.69) is 15.6 Å². The van der Waals surface area contributed by atoms with Crippen LogP contribution in [0.2, 0.25) is 0 Å². The molecule has 29 heavy (non-hydrogen) atoms. The molecule has 1 aromatic rings. The van der Waals surface area contributed by atoms with Gasteiger partial charge in [-0.05, 0) is 49.3 Å². The zero-order chi connectivity index (χ0) is 21.1. The fourth-order valence-electron chi connectivity index (χ4n) is 3.89. The average Bonchev–Trinajstić information content (AvgIpc) is 3.22. The van der Waals surface area contributed by atoms with Crippen molar-refractivity contribution in [2.75, 3.05) is 41.0 Å². The number of hydrogen-bond donors (Lipinski definition) is 2. The van der Waals surface area contributed by atoms with Crippen LogP contribution < -0.4 is 15.4 Å². The summed E-state index contributed by atoms with van der Waals surface area (Å²) in [5.41, 5.74) is 1.64. The Balaban J connectivity index is 1.94. The van der Waals surface area contributed by atoms with E-state index < -0.39 is 5.97 Å². The molecular formula is C22H35N3O4. The third-order valence-electron chi connectivity index (χ3n) is 5.63. The maximum absolute atomic E-state index is 12.0. The Kier molecular flexibility index (Phi) is 9.25. The monoisotopic (exact) mass is 405 g/mol. The van der Waals surface area contributed by atoms with E-state index in [1.54, 1.807) is 19.2 Å². The molecule has 2 N–H and O–H groups in total. The van der Waals surface area contributed by atoms with Crippen LogP contribution in [0.25, 0.3) is 0 Å². The fourth-order valence-corrected chi connectivity index (χ4v) is 3.89. The maximum atomic E-state index is 12.0. The number of benzene rings is 1. The first kappa shape index (κ1) is 23.0. The van der Waals surface area contributed by atoms with Crippen LogP contribution in [0.15, 0.2) is 23.2 Å². The lowest BCUT2D eigenvalue weighted by Gasteiger charge is -2.30. The van der Waals surface area contributed by atoms with Gasteiger partial charge in [-0.15, -0.1) is 0 Å². The zero-order valence-electron chi connectivity index (χ0n) is 18.2. The van der Waals surface area contributed by atoms with E-state index in [0.29, 0.717) is 17.9 Å². The minimum absolute atomic E-state index is 0.283. The van der Waals surface area contributed by atoms with E-state index in [-0.39, 0.29) is 5.41 Å². The van der Waals surface area contributed by atoms with Crippen LogP contribution in [0.4, 0.5) is 0 Å². The predicted molar refractivity (Wildman–Crippen MR) is 115 cm³/mol. The molecule has 0 aliphatic heterocycles. The minimum Gasteiger partial charge on any atom is -0.496 e. The van der Waals surface area contributed by atoms with E-state index in [1.165, 1.54) is 39.9 Å². The highest BCUT2D eigenvalue weighted by Gasteiger charge is 2.33. The average molecular weight is 406 g/mol. The number of carbonyl (C=O) groups excluding carboxylic acids is 1. The van der Waals surface area contributed by atoms with Crippen molar-refractivity contribution in [3.8, 4) is 5.75 Å². The molecule has 0 heterocycles. The minimum atomic E-state index is -0.413. The first-order valence-electron chi connectivity index (χ1n) is 10.3. The van der Waals surface area contributed by atoms with E-state index >= 15 is 0 Å². The molecule has 0 bridgehead atoms. The summed E-state index contributed by atoms with van der Waals surface area (Å²) in [7, 11) is 4.67. The number of guanidine groups is 1. The summed E-state index contributed by atoms with van der Waals surface area (Å²) in [5.74, 6) is 0.840. The number of hydrogen-bond acceptors (Lipinski definition) is 5. The van der Waals surface area contributed by atoms with Crippen LogP contribution in [0.1, 0.15) is 54.9 Å². The fraction of sp³-hybridized carbons (Fsp3) is 0.636. The molecule has 1 saturated carbocycles. The molecule has 7 nitrogen and oxygen atoms in total. The number of nitrogens with zero attached hydrogens (tertiary/aromatic N) is 1. The van der Waals surface area contributed by atoms with Crippen molar-refractivity contribution in [2.45, 2.75) is 45.6 Å². The molecule has 0 radical (unpaired) electrons. The molecule has 162 valence electrons. The van der Waals surface area contributed by atoms with Crippen molar-refractivity contribution in [2.24, 2.45) is 10.4 Å². The molecule has 0 unspecified atom stereocenters. The lowest BCUT2D eigenvalue weighted by molar-refractivity contribution is 0.0597. The summed E-state index contributed by atoms with van der Waals surface area (Å²) in [5, 5.41) is 6.82. The smallest absolute Gasteiger partial charge is 0.341 e. The molecule has 0 atom stereocenters. The Morgan fingerprint density at radius 1 is 1.21 bits per heavy atom. The van der Waals surface area contributed by atoms with E-state index in [1.807, 2.05) is 13.0 Å². The summed E-state index contributed by atoms with van der Waals surface area (Å²) in [6, 6.07) is 5.48. The molecule has 1 aromatic carbocycles. The number of aliphatic imine (C=N–C) groups is 1. The van der Waals surface area contributed by atoms with Crippen molar-refractivity contribution in [3.05, 3.63) is 29.3 Å². The van der Waals surface area contributed by atoms with Gasteiger partial charge in [0, 0.05) is 33.4 Å². The van der Waals surface area contributed by atoms with Crippen molar-refractivity contribution in [1.82, 2.24) is 10.6 Å². The van der Waals surface area contributed by atoms with Gasteiger partial charge in [-0.25, -0.2) is 4.79 Å². The van der Waals surface area contributed by atoms with Crippen LogP contribution in [0.3, 0.4) is 0 Å². The summed E-state index contributed by atoms with van der Waals surface area (Å²) >= 11 is 0. The molecule has 7 heteroatoms. The van der Waals surface area contributed by atoms with Crippen LogP contribution in [0, 0.1) is 5.41 Å². The summed E-state index contributed by atoms with van der Waals surface area (Å²) in [6.45, 7) is 5.04. The van der Waals surface area contributed by atoms with Crippen LogP contribution in [-0.4, -0.2) is 53.0 Å². The second kappa shape index (κ2) is 11.7. The van der Waals surface area contributed by atoms with Crippen LogP contribution in [0.5, 0.6) is 5.75 Å². The van der Waals surface area contributed by atoms with Gasteiger partial charge in [-0.2, -0.15) is 0 Å². The van der Waals surface area contributed by atoms with Crippen molar-refractivity contribution in [3.63, 3.8) is 0 Å². The number of esters is 1. The van der Waals surface area contributed by atoms with E-state index in [0.717, 1.165) is 37.7 Å². The Bertz CT molecular complexity index is 685. The molecule has 0 aromatic heterocycles. The highest BCUT2D eigenvalue weighted by atomic mass is 16.5. The largest absolute Gasteiger partial charge is 0.496 e.